The summed E-state index contributed by atoms with van der Waals surface area (Å²) in [5, 5.41) is 4.78. The summed E-state index contributed by atoms with van der Waals surface area (Å²) in [7, 11) is -0.536. The van der Waals surface area contributed by atoms with Crippen LogP contribution < -0.4 is 5.32 Å². The number of rotatable bonds is 7. The van der Waals surface area contributed by atoms with Crippen LogP contribution in [0.5, 0.6) is 0 Å². The molecular formula is C16H20N2O3S2. The van der Waals surface area contributed by atoms with Gasteiger partial charge in [-0.15, -0.1) is 11.3 Å². The van der Waals surface area contributed by atoms with Crippen LogP contribution in [0.1, 0.15) is 16.9 Å². The van der Waals surface area contributed by atoms with Gasteiger partial charge in [-0.3, -0.25) is 4.79 Å². The number of hydrogen-bond acceptors (Lipinski definition) is 4. The molecule has 1 N–H and O–H groups in total. The number of sulfonamides is 1. The number of aryl methyl sites for hydroxylation is 1. The molecular weight excluding hydrogens is 332 g/mol. The fraction of sp³-hybridized carbons (Fsp3) is 0.312. The maximum absolute atomic E-state index is 12.3. The average Bonchev–Trinajstić information content (AvgIpc) is 3.04. The molecule has 5 nitrogen and oxygen atoms in total. The highest BCUT2D eigenvalue weighted by molar-refractivity contribution is 7.89. The van der Waals surface area contributed by atoms with Crippen LogP contribution in [0.3, 0.4) is 0 Å². The average molecular weight is 352 g/mol. The number of hydrogen-bond donors (Lipinski definition) is 1. The van der Waals surface area contributed by atoms with E-state index in [1.54, 1.807) is 35.6 Å². The number of carbonyl (C=O) groups is 1. The van der Waals surface area contributed by atoms with Crippen LogP contribution in [0.4, 0.5) is 0 Å². The Bertz CT molecular complexity index is 753. The van der Waals surface area contributed by atoms with Crippen molar-refractivity contribution in [3.63, 3.8) is 0 Å². The molecule has 0 aliphatic heterocycles. The van der Waals surface area contributed by atoms with E-state index in [9.17, 15) is 13.2 Å². The normalized spacial score (nSPS) is 11.6. The molecule has 23 heavy (non-hydrogen) atoms. The second-order valence-corrected chi connectivity index (χ2v) is 8.40. The Labute approximate surface area is 141 Å². The van der Waals surface area contributed by atoms with E-state index < -0.39 is 10.0 Å². The van der Waals surface area contributed by atoms with Crippen LogP contribution in [-0.2, 0) is 27.8 Å². The van der Waals surface area contributed by atoms with E-state index in [0.29, 0.717) is 18.4 Å². The number of nitrogens with zero attached hydrogens (tertiary/aromatic N) is 1. The van der Waals surface area contributed by atoms with Gasteiger partial charge in [0, 0.05) is 31.9 Å². The molecule has 2 rings (SSSR count). The first-order valence-electron chi connectivity index (χ1n) is 7.21. The van der Waals surface area contributed by atoms with Gasteiger partial charge in [-0.05, 0) is 29.5 Å². The van der Waals surface area contributed by atoms with Crippen molar-refractivity contribution in [3.8, 4) is 0 Å². The SMILES string of the molecule is CN(C)S(=O)(=O)c1ccccc1CNC(=O)CCc1cccs1. The molecule has 0 unspecified atom stereocenters. The summed E-state index contributed by atoms with van der Waals surface area (Å²) in [6.07, 6.45) is 1.09. The highest BCUT2D eigenvalue weighted by atomic mass is 32.2. The molecule has 124 valence electrons. The van der Waals surface area contributed by atoms with E-state index in [4.69, 9.17) is 0 Å². The number of amides is 1. The largest absolute Gasteiger partial charge is 0.352 e. The van der Waals surface area contributed by atoms with Gasteiger partial charge < -0.3 is 5.32 Å². The van der Waals surface area contributed by atoms with Crippen LogP contribution in [0.15, 0.2) is 46.7 Å². The summed E-state index contributed by atoms with van der Waals surface area (Å²) in [6.45, 7) is 0.201. The summed E-state index contributed by atoms with van der Waals surface area (Å²) in [4.78, 5) is 13.3. The van der Waals surface area contributed by atoms with Crippen LogP contribution in [-0.4, -0.2) is 32.7 Å². The molecule has 1 heterocycles. The summed E-state index contributed by atoms with van der Waals surface area (Å²) < 4.78 is 25.8. The van der Waals surface area contributed by atoms with Crippen molar-refractivity contribution in [3.05, 3.63) is 52.2 Å². The van der Waals surface area contributed by atoms with Crippen LogP contribution in [0, 0.1) is 0 Å². The molecule has 1 amide bonds. The van der Waals surface area contributed by atoms with Crippen LogP contribution in [0.2, 0.25) is 0 Å². The minimum atomic E-state index is -3.52. The predicted octanol–water partition coefficient (Wildman–Crippen LogP) is 2.25. The van der Waals surface area contributed by atoms with Crippen molar-refractivity contribution in [1.29, 1.82) is 0 Å². The molecule has 0 atom stereocenters. The summed E-state index contributed by atoms with van der Waals surface area (Å²) in [5.41, 5.74) is 0.589. The van der Waals surface area contributed by atoms with Crippen LogP contribution >= 0.6 is 11.3 Å². The molecule has 0 aliphatic rings. The first-order valence-corrected chi connectivity index (χ1v) is 9.53. The standard InChI is InChI=1S/C16H20N2O3S2/c1-18(2)23(20,21)15-8-4-3-6-13(15)12-17-16(19)10-9-14-7-5-11-22-14/h3-8,11H,9-10,12H2,1-2H3,(H,17,19). The lowest BCUT2D eigenvalue weighted by Crippen LogP contribution is -2.27. The molecule has 0 saturated heterocycles. The lowest BCUT2D eigenvalue weighted by atomic mass is 10.2. The van der Waals surface area contributed by atoms with Gasteiger partial charge in [0.05, 0.1) is 4.90 Å². The highest BCUT2D eigenvalue weighted by Crippen LogP contribution is 2.18. The first-order chi connectivity index (χ1) is 10.9. The highest BCUT2D eigenvalue weighted by Gasteiger charge is 2.20. The molecule has 2 aromatic rings. The summed E-state index contributed by atoms with van der Waals surface area (Å²) in [6, 6.07) is 10.7. The fourth-order valence-electron chi connectivity index (χ4n) is 2.07. The quantitative estimate of drug-likeness (QED) is 0.831. The number of nitrogens with one attached hydrogen (secondary N) is 1. The Kier molecular flexibility index (Phi) is 5.92. The third-order valence-corrected chi connectivity index (χ3v) is 6.24. The Hall–Kier alpha value is -1.70. The second-order valence-electron chi connectivity index (χ2n) is 5.25. The smallest absolute Gasteiger partial charge is 0.242 e. The summed E-state index contributed by atoms with van der Waals surface area (Å²) >= 11 is 1.62. The van der Waals surface area contributed by atoms with E-state index in [2.05, 4.69) is 5.32 Å². The van der Waals surface area contributed by atoms with Gasteiger partial charge in [0.2, 0.25) is 15.9 Å². The van der Waals surface area contributed by atoms with Gasteiger partial charge in [0.25, 0.3) is 0 Å². The minimum Gasteiger partial charge on any atom is -0.352 e. The van der Waals surface area contributed by atoms with E-state index in [0.717, 1.165) is 4.88 Å². The molecule has 0 bridgehead atoms. The van der Waals surface area contributed by atoms with Crippen molar-refractivity contribution >= 4 is 27.3 Å². The van der Waals surface area contributed by atoms with Crippen molar-refractivity contribution in [2.75, 3.05) is 14.1 Å². The predicted molar refractivity (Wildman–Crippen MR) is 91.8 cm³/mol. The molecule has 1 aromatic heterocycles. The monoisotopic (exact) mass is 352 g/mol. The molecule has 0 fully saturated rings. The third-order valence-electron chi connectivity index (χ3n) is 3.39. The molecule has 0 radical (unpaired) electrons. The van der Waals surface area contributed by atoms with Crippen LogP contribution in [0.25, 0.3) is 0 Å². The number of carbonyl (C=O) groups excluding carboxylic acids is 1. The topological polar surface area (TPSA) is 66.5 Å². The zero-order valence-electron chi connectivity index (χ0n) is 13.2. The van der Waals surface area contributed by atoms with Crippen molar-refractivity contribution in [2.45, 2.75) is 24.3 Å². The van der Waals surface area contributed by atoms with Crippen molar-refractivity contribution in [2.24, 2.45) is 0 Å². The van der Waals surface area contributed by atoms with Gasteiger partial charge in [-0.2, -0.15) is 0 Å². The number of benzene rings is 1. The number of thiophene rings is 1. The lowest BCUT2D eigenvalue weighted by molar-refractivity contribution is -0.121. The summed E-state index contributed by atoms with van der Waals surface area (Å²) in [5.74, 6) is -0.0875. The molecule has 0 aliphatic carbocycles. The Morgan fingerprint density at radius 2 is 1.91 bits per heavy atom. The molecule has 7 heteroatoms. The first kappa shape index (κ1) is 17.7. The zero-order valence-corrected chi connectivity index (χ0v) is 14.8. The van der Waals surface area contributed by atoms with Crippen molar-refractivity contribution < 1.29 is 13.2 Å². The Balaban J connectivity index is 1.99. The minimum absolute atomic E-state index is 0.0875. The van der Waals surface area contributed by atoms with Gasteiger partial charge in [0.1, 0.15) is 0 Å². The van der Waals surface area contributed by atoms with E-state index in [1.807, 2.05) is 17.5 Å². The maximum Gasteiger partial charge on any atom is 0.242 e. The Morgan fingerprint density at radius 1 is 1.17 bits per heavy atom. The van der Waals surface area contributed by atoms with Gasteiger partial charge in [-0.1, -0.05) is 24.3 Å². The lowest BCUT2D eigenvalue weighted by Gasteiger charge is -2.15. The van der Waals surface area contributed by atoms with Crippen molar-refractivity contribution in [1.82, 2.24) is 9.62 Å². The second kappa shape index (κ2) is 7.72. The van der Waals surface area contributed by atoms with Gasteiger partial charge in [0.15, 0.2) is 0 Å². The van der Waals surface area contributed by atoms with Gasteiger partial charge >= 0.3 is 0 Å². The third kappa shape index (κ3) is 4.63. The molecule has 0 spiro atoms. The van der Waals surface area contributed by atoms with Gasteiger partial charge in [-0.25, -0.2) is 12.7 Å². The zero-order chi connectivity index (χ0) is 16.9. The van der Waals surface area contributed by atoms with E-state index >= 15 is 0 Å². The van der Waals surface area contributed by atoms with E-state index in [-0.39, 0.29) is 17.3 Å². The van der Waals surface area contributed by atoms with E-state index in [1.165, 1.54) is 18.4 Å². The fourth-order valence-corrected chi connectivity index (χ4v) is 3.90. The Morgan fingerprint density at radius 3 is 2.57 bits per heavy atom. The molecule has 0 saturated carbocycles. The molecule has 1 aromatic carbocycles. The maximum atomic E-state index is 12.3.